The number of halogens is 1. The molecule has 1 aromatic carbocycles. The first kappa shape index (κ1) is 11.1. The predicted molar refractivity (Wildman–Crippen MR) is 56.9 cm³/mol. The lowest BCUT2D eigenvalue weighted by atomic mass is 10.0. The van der Waals surface area contributed by atoms with Crippen LogP contribution >= 0.6 is 11.6 Å². The van der Waals surface area contributed by atoms with Crippen LogP contribution in [-0.2, 0) is 17.6 Å². The van der Waals surface area contributed by atoms with Crippen molar-refractivity contribution in [3.8, 4) is 5.75 Å². The fourth-order valence-electron chi connectivity index (χ4n) is 1.39. The Balaban J connectivity index is 3.15. The van der Waals surface area contributed by atoms with Crippen LogP contribution in [0.1, 0.15) is 25.0 Å². The Morgan fingerprint density at radius 2 is 2.00 bits per heavy atom. The lowest BCUT2D eigenvalue weighted by molar-refractivity contribution is -0.116. The van der Waals surface area contributed by atoms with E-state index in [0.29, 0.717) is 17.0 Å². The Hall–Kier alpha value is -1.02. The van der Waals surface area contributed by atoms with Crippen molar-refractivity contribution in [1.29, 1.82) is 0 Å². The minimum absolute atomic E-state index is 0.0182. The molecule has 3 heteroatoms. The highest BCUT2D eigenvalue weighted by atomic mass is 35.5. The molecule has 0 saturated carbocycles. The van der Waals surface area contributed by atoms with E-state index in [1.807, 2.05) is 6.92 Å². The summed E-state index contributed by atoms with van der Waals surface area (Å²) in [5.74, 6) is 0.219. The Labute approximate surface area is 88.5 Å². The molecule has 0 radical (unpaired) electrons. The van der Waals surface area contributed by atoms with E-state index in [1.165, 1.54) is 6.92 Å². The summed E-state index contributed by atoms with van der Waals surface area (Å²) in [7, 11) is 0. The van der Waals surface area contributed by atoms with Gasteiger partial charge in [-0.25, -0.2) is 0 Å². The Bertz CT molecular complexity index is 359. The van der Waals surface area contributed by atoms with Crippen molar-refractivity contribution in [3.63, 3.8) is 0 Å². The zero-order chi connectivity index (χ0) is 10.7. The van der Waals surface area contributed by atoms with Crippen LogP contribution in [-0.4, -0.2) is 10.9 Å². The van der Waals surface area contributed by atoms with E-state index in [9.17, 15) is 9.90 Å². The zero-order valence-electron chi connectivity index (χ0n) is 8.30. The highest BCUT2D eigenvalue weighted by Gasteiger charge is 2.09. The van der Waals surface area contributed by atoms with E-state index in [1.54, 1.807) is 12.1 Å². The first-order valence-electron chi connectivity index (χ1n) is 4.54. The maximum absolute atomic E-state index is 10.9. The molecular formula is C11H13ClO2. The highest BCUT2D eigenvalue weighted by Crippen LogP contribution is 2.27. The van der Waals surface area contributed by atoms with Gasteiger partial charge in [0.05, 0.1) is 0 Å². The molecule has 76 valence electrons. The number of carbonyl (C=O) groups excluding carboxylic acids is 1. The second-order valence-electron chi connectivity index (χ2n) is 3.30. The molecular weight excluding hydrogens is 200 g/mol. The van der Waals surface area contributed by atoms with Crippen LogP contribution in [0.3, 0.4) is 0 Å². The summed E-state index contributed by atoms with van der Waals surface area (Å²) in [5, 5.41) is 10.3. The average Bonchev–Trinajstić information content (AvgIpc) is 2.09. The summed E-state index contributed by atoms with van der Waals surface area (Å²) >= 11 is 5.86. The van der Waals surface area contributed by atoms with Crippen molar-refractivity contribution >= 4 is 17.4 Å². The van der Waals surface area contributed by atoms with Gasteiger partial charge in [-0.1, -0.05) is 18.5 Å². The smallest absolute Gasteiger partial charge is 0.134 e. The molecule has 1 rings (SSSR count). The van der Waals surface area contributed by atoms with E-state index in [2.05, 4.69) is 0 Å². The third-order valence-electron chi connectivity index (χ3n) is 2.05. The Morgan fingerprint density at radius 3 is 2.50 bits per heavy atom. The molecule has 1 aromatic rings. The minimum atomic E-state index is 0.0182. The topological polar surface area (TPSA) is 37.3 Å². The van der Waals surface area contributed by atoms with Crippen LogP contribution in [0.15, 0.2) is 12.1 Å². The van der Waals surface area contributed by atoms with Gasteiger partial charge in [0.1, 0.15) is 11.5 Å². The third-order valence-corrected chi connectivity index (χ3v) is 2.27. The molecule has 0 heterocycles. The number of phenolic OH excluding ortho intramolecular Hbond substituents is 1. The fraction of sp³-hybridized carbons (Fsp3) is 0.364. The van der Waals surface area contributed by atoms with Gasteiger partial charge >= 0.3 is 0 Å². The van der Waals surface area contributed by atoms with Gasteiger partial charge in [0.2, 0.25) is 0 Å². The summed E-state index contributed by atoms with van der Waals surface area (Å²) < 4.78 is 0. The van der Waals surface area contributed by atoms with Gasteiger partial charge in [0.15, 0.2) is 0 Å². The maximum Gasteiger partial charge on any atom is 0.134 e. The van der Waals surface area contributed by atoms with E-state index in [-0.39, 0.29) is 18.0 Å². The van der Waals surface area contributed by atoms with Crippen LogP contribution in [0, 0.1) is 0 Å². The SMILES string of the molecule is CCc1cc(Cl)cc(CC(C)=O)c1O. The Morgan fingerprint density at radius 1 is 1.43 bits per heavy atom. The summed E-state index contributed by atoms with van der Waals surface area (Å²) in [4.78, 5) is 10.9. The number of benzene rings is 1. The first-order valence-corrected chi connectivity index (χ1v) is 4.92. The van der Waals surface area contributed by atoms with Gasteiger partial charge < -0.3 is 5.11 Å². The van der Waals surface area contributed by atoms with Gasteiger partial charge in [-0.05, 0) is 31.0 Å². The summed E-state index contributed by atoms with van der Waals surface area (Å²) in [6.07, 6.45) is 0.941. The number of phenols is 1. The molecule has 0 unspecified atom stereocenters. The van der Waals surface area contributed by atoms with Crippen LogP contribution in [0.2, 0.25) is 5.02 Å². The maximum atomic E-state index is 10.9. The number of hydrogen-bond acceptors (Lipinski definition) is 2. The second kappa shape index (κ2) is 4.47. The van der Waals surface area contributed by atoms with E-state index in [4.69, 9.17) is 11.6 Å². The van der Waals surface area contributed by atoms with E-state index >= 15 is 0 Å². The number of ketones is 1. The average molecular weight is 213 g/mol. The number of carbonyl (C=O) groups is 1. The van der Waals surface area contributed by atoms with Gasteiger partial charge in [0.25, 0.3) is 0 Å². The quantitative estimate of drug-likeness (QED) is 0.837. The molecule has 0 saturated heterocycles. The van der Waals surface area contributed by atoms with Crippen LogP contribution in [0.4, 0.5) is 0 Å². The molecule has 0 bridgehead atoms. The number of rotatable bonds is 3. The summed E-state index contributed by atoms with van der Waals surface area (Å²) in [5.41, 5.74) is 1.40. The molecule has 0 spiro atoms. The van der Waals surface area contributed by atoms with Crippen LogP contribution < -0.4 is 0 Å². The van der Waals surface area contributed by atoms with Crippen molar-refractivity contribution in [1.82, 2.24) is 0 Å². The molecule has 1 N–H and O–H groups in total. The van der Waals surface area contributed by atoms with Gasteiger partial charge in [-0.3, -0.25) is 4.79 Å². The number of Topliss-reactive ketones (excluding diaryl/α,β-unsaturated/α-hetero) is 1. The molecule has 0 atom stereocenters. The molecule has 14 heavy (non-hydrogen) atoms. The Kier molecular flexibility index (Phi) is 3.53. The minimum Gasteiger partial charge on any atom is -0.507 e. The molecule has 2 nitrogen and oxygen atoms in total. The van der Waals surface area contributed by atoms with Gasteiger partial charge in [-0.15, -0.1) is 0 Å². The monoisotopic (exact) mass is 212 g/mol. The van der Waals surface area contributed by atoms with Crippen molar-refractivity contribution in [2.45, 2.75) is 26.7 Å². The predicted octanol–water partition coefficient (Wildman–Crippen LogP) is 2.74. The summed E-state index contributed by atoms with van der Waals surface area (Å²) in [6.45, 7) is 3.43. The van der Waals surface area contributed by atoms with E-state index < -0.39 is 0 Å². The normalized spacial score (nSPS) is 10.2. The highest BCUT2D eigenvalue weighted by molar-refractivity contribution is 6.30. The summed E-state index contributed by atoms with van der Waals surface area (Å²) in [6, 6.07) is 3.36. The second-order valence-corrected chi connectivity index (χ2v) is 3.74. The largest absolute Gasteiger partial charge is 0.507 e. The molecule has 0 aromatic heterocycles. The van der Waals surface area contributed by atoms with Crippen LogP contribution in [0.5, 0.6) is 5.75 Å². The fourth-order valence-corrected chi connectivity index (χ4v) is 1.65. The van der Waals surface area contributed by atoms with E-state index in [0.717, 1.165) is 5.56 Å². The third kappa shape index (κ3) is 2.48. The van der Waals surface area contributed by atoms with Gasteiger partial charge in [0, 0.05) is 17.0 Å². The first-order chi connectivity index (χ1) is 6.54. The molecule has 0 fully saturated rings. The number of aryl methyl sites for hydroxylation is 1. The molecule has 0 amide bonds. The molecule has 0 aliphatic rings. The van der Waals surface area contributed by atoms with Gasteiger partial charge in [-0.2, -0.15) is 0 Å². The molecule has 0 aliphatic heterocycles. The van der Waals surface area contributed by atoms with Crippen molar-refractivity contribution in [2.75, 3.05) is 0 Å². The standard InChI is InChI=1S/C11H13ClO2/c1-3-8-5-10(12)6-9(11(8)14)4-7(2)13/h5-6,14H,3-4H2,1-2H3. The lowest BCUT2D eigenvalue weighted by Crippen LogP contribution is -1.98. The molecule has 0 aliphatic carbocycles. The van der Waals surface area contributed by atoms with Crippen LogP contribution in [0.25, 0.3) is 0 Å². The number of aromatic hydroxyl groups is 1. The number of hydrogen-bond donors (Lipinski definition) is 1. The van der Waals surface area contributed by atoms with Crippen molar-refractivity contribution < 1.29 is 9.90 Å². The zero-order valence-corrected chi connectivity index (χ0v) is 9.06. The van der Waals surface area contributed by atoms with Crippen molar-refractivity contribution in [2.24, 2.45) is 0 Å². The van der Waals surface area contributed by atoms with Crippen molar-refractivity contribution in [3.05, 3.63) is 28.3 Å². The lowest BCUT2D eigenvalue weighted by Gasteiger charge is -2.08.